The molecule has 1 aromatic heterocycles. The molecule has 5 nitrogen and oxygen atoms in total. The number of thiazole rings is 1. The van der Waals surface area contributed by atoms with Gasteiger partial charge in [-0.25, -0.2) is 4.98 Å². The molecule has 0 radical (unpaired) electrons. The Hall–Kier alpha value is -0.980. The number of amides is 1. The third-order valence-corrected chi connectivity index (χ3v) is 5.88. The zero-order valence-corrected chi connectivity index (χ0v) is 13.6. The maximum absolute atomic E-state index is 12.6. The number of ether oxygens (including phenoxy) is 1. The fourth-order valence-electron chi connectivity index (χ4n) is 3.68. The van der Waals surface area contributed by atoms with Crippen molar-refractivity contribution in [1.82, 2.24) is 15.2 Å². The minimum Gasteiger partial charge on any atom is -0.377 e. The zero-order valence-electron chi connectivity index (χ0n) is 12.7. The van der Waals surface area contributed by atoms with Crippen LogP contribution in [0.1, 0.15) is 24.3 Å². The van der Waals surface area contributed by atoms with Gasteiger partial charge < -0.3 is 10.1 Å². The number of carbonyl (C=O) groups is 1. The Morgan fingerprint density at radius 3 is 3.09 bits per heavy atom. The summed E-state index contributed by atoms with van der Waals surface area (Å²) in [7, 11) is 0. The van der Waals surface area contributed by atoms with Gasteiger partial charge in [0.15, 0.2) is 0 Å². The van der Waals surface area contributed by atoms with Gasteiger partial charge in [-0.1, -0.05) is 0 Å². The fourth-order valence-corrected chi connectivity index (χ4v) is 4.34. The summed E-state index contributed by atoms with van der Waals surface area (Å²) in [5, 5.41) is 6.30. The molecule has 6 heteroatoms. The van der Waals surface area contributed by atoms with Crippen molar-refractivity contribution in [3.63, 3.8) is 0 Å². The highest BCUT2D eigenvalue weighted by atomic mass is 32.1. The van der Waals surface area contributed by atoms with Gasteiger partial charge in [0, 0.05) is 43.7 Å². The van der Waals surface area contributed by atoms with E-state index < -0.39 is 0 Å². The van der Waals surface area contributed by atoms with E-state index in [1.165, 1.54) is 12.8 Å². The molecule has 3 atom stereocenters. The SMILES string of the molecule is O=C(NCC1CC1)[C@H]1CN(Cc2nccs2)C[C@H]2OCC[C@@H]12. The number of nitrogens with one attached hydrogen (secondary N) is 1. The monoisotopic (exact) mass is 321 g/mol. The first-order chi connectivity index (χ1) is 10.8. The van der Waals surface area contributed by atoms with Crippen LogP contribution in [0.3, 0.4) is 0 Å². The van der Waals surface area contributed by atoms with Gasteiger partial charge in [-0.15, -0.1) is 11.3 Å². The maximum Gasteiger partial charge on any atom is 0.224 e. The first-order valence-electron chi connectivity index (χ1n) is 8.29. The molecule has 1 saturated carbocycles. The Balaban J connectivity index is 1.41. The number of hydrogen-bond acceptors (Lipinski definition) is 5. The van der Waals surface area contributed by atoms with Crippen LogP contribution in [-0.2, 0) is 16.1 Å². The van der Waals surface area contributed by atoms with E-state index in [-0.39, 0.29) is 17.9 Å². The van der Waals surface area contributed by atoms with Crippen molar-refractivity contribution in [2.75, 3.05) is 26.2 Å². The highest BCUT2D eigenvalue weighted by Gasteiger charge is 2.44. The molecule has 0 aromatic carbocycles. The second-order valence-corrected chi connectivity index (χ2v) is 7.76. The number of rotatable bonds is 5. The van der Waals surface area contributed by atoms with Gasteiger partial charge in [-0.05, 0) is 25.2 Å². The molecule has 1 N–H and O–H groups in total. The quantitative estimate of drug-likeness (QED) is 0.893. The fraction of sp³-hybridized carbons (Fsp3) is 0.750. The summed E-state index contributed by atoms with van der Waals surface area (Å²) in [5.41, 5.74) is 0. The first-order valence-corrected chi connectivity index (χ1v) is 9.17. The molecule has 2 saturated heterocycles. The molecule has 0 bridgehead atoms. The van der Waals surface area contributed by atoms with Crippen LogP contribution in [0.5, 0.6) is 0 Å². The summed E-state index contributed by atoms with van der Waals surface area (Å²) in [5.74, 6) is 1.43. The van der Waals surface area contributed by atoms with E-state index in [2.05, 4.69) is 15.2 Å². The molecule has 3 fully saturated rings. The number of likely N-dealkylation sites (tertiary alicyclic amines) is 1. The molecule has 0 unspecified atom stereocenters. The van der Waals surface area contributed by atoms with Crippen LogP contribution >= 0.6 is 11.3 Å². The molecule has 120 valence electrons. The Morgan fingerprint density at radius 2 is 2.32 bits per heavy atom. The lowest BCUT2D eigenvalue weighted by molar-refractivity contribution is -0.131. The molecule has 3 aliphatic rings. The van der Waals surface area contributed by atoms with Gasteiger partial charge in [-0.3, -0.25) is 9.69 Å². The second kappa shape index (κ2) is 6.26. The van der Waals surface area contributed by atoms with Crippen molar-refractivity contribution in [3.8, 4) is 0 Å². The van der Waals surface area contributed by atoms with Crippen LogP contribution in [0.2, 0.25) is 0 Å². The smallest absolute Gasteiger partial charge is 0.224 e. The molecule has 0 spiro atoms. The van der Waals surface area contributed by atoms with E-state index >= 15 is 0 Å². The van der Waals surface area contributed by atoms with Crippen molar-refractivity contribution >= 4 is 17.2 Å². The summed E-state index contributed by atoms with van der Waals surface area (Å²) >= 11 is 1.68. The van der Waals surface area contributed by atoms with Crippen molar-refractivity contribution in [2.24, 2.45) is 17.8 Å². The topological polar surface area (TPSA) is 54.5 Å². The molecule has 2 aliphatic heterocycles. The molecule has 1 amide bonds. The summed E-state index contributed by atoms with van der Waals surface area (Å²) < 4.78 is 5.89. The number of hydrogen-bond donors (Lipinski definition) is 1. The molecule has 3 heterocycles. The van der Waals surface area contributed by atoms with Gasteiger partial charge in [0.05, 0.1) is 18.6 Å². The van der Waals surface area contributed by atoms with E-state index in [1.807, 2.05) is 11.6 Å². The predicted molar refractivity (Wildman–Crippen MR) is 84.5 cm³/mol. The van der Waals surface area contributed by atoms with Crippen LogP contribution in [-0.4, -0.2) is 48.1 Å². The normalized spacial score (nSPS) is 31.9. The predicted octanol–water partition coefficient (Wildman–Crippen LogP) is 1.51. The van der Waals surface area contributed by atoms with Gasteiger partial charge in [0.25, 0.3) is 0 Å². The lowest BCUT2D eigenvalue weighted by Crippen LogP contribution is -2.52. The van der Waals surface area contributed by atoms with Gasteiger partial charge in [0.1, 0.15) is 5.01 Å². The Bertz CT molecular complexity index is 517. The standard InChI is InChI=1S/C16H23N3O2S/c20-16(18-7-11-1-2-11)13-8-19(10-15-17-4-6-22-15)9-14-12(13)3-5-21-14/h4,6,11-14H,1-3,5,7-10H2,(H,18,20)/t12-,13-,14+/m0/s1. The Morgan fingerprint density at radius 1 is 1.41 bits per heavy atom. The van der Waals surface area contributed by atoms with Gasteiger partial charge in [-0.2, -0.15) is 0 Å². The summed E-state index contributed by atoms with van der Waals surface area (Å²) in [6.45, 7) is 4.25. The van der Waals surface area contributed by atoms with Crippen LogP contribution in [0, 0.1) is 17.8 Å². The third kappa shape index (κ3) is 3.19. The average molecular weight is 321 g/mol. The number of fused-ring (bicyclic) bond motifs is 1. The minimum atomic E-state index is 0.0694. The molecule has 1 aliphatic carbocycles. The highest BCUT2D eigenvalue weighted by Crippen LogP contribution is 2.35. The van der Waals surface area contributed by atoms with Crippen molar-refractivity contribution < 1.29 is 9.53 Å². The molecular weight excluding hydrogens is 298 g/mol. The van der Waals surface area contributed by atoms with Crippen LogP contribution < -0.4 is 5.32 Å². The number of carbonyl (C=O) groups excluding carboxylic acids is 1. The lowest BCUT2D eigenvalue weighted by atomic mass is 9.82. The Kier molecular flexibility index (Phi) is 4.15. The van der Waals surface area contributed by atoms with Crippen LogP contribution in [0.15, 0.2) is 11.6 Å². The molecular formula is C16H23N3O2S. The number of piperidine rings is 1. The maximum atomic E-state index is 12.6. The van der Waals surface area contributed by atoms with Crippen LogP contribution in [0.25, 0.3) is 0 Å². The molecule has 1 aromatic rings. The number of nitrogens with zero attached hydrogens (tertiary/aromatic N) is 2. The van der Waals surface area contributed by atoms with Gasteiger partial charge >= 0.3 is 0 Å². The highest BCUT2D eigenvalue weighted by molar-refractivity contribution is 7.09. The average Bonchev–Trinajstić information content (AvgIpc) is 2.98. The largest absolute Gasteiger partial charge is 0.377 e. The van der Waals surface area contributed by atoms with E-state index in [0.29, 0.717) is 5.92 Å². The first kappa shape index (κ1) is 14.6. The van der Waals surface area contributed by atoms with E-state index in [4.69, 9.17) is 4.74 Å². The lowest BCUT2D eigenvalue weighted by Gasteiger charge is -2.39. The van der Waals surface area contributed by atoms with Crippen LogP contribution in [0.4, 0.5) is 0 Å². The van der Waals surface area contributed by atoms with Crippen molar-refractivity contribution in [3.05, 3.63) is 16.6 Å². The van der Waals surface area contributed by atoms with Gasteiger partial charge in [0.2, 0.25) is 5.91 Å². The number of aromatic nitrogens is 1. The summed E-state index contributed by atoms with van der Waals surface area (Å²) in [6.07, 6.45) is 5.63. The molecule has 4 rings (SSSR count). The zero-order chi connectivity index (χ0) is 14.9. The second-order valence-electron chi connectivity index (χ2n) is 6.78. The minimum absolute atomic E-state index is 0.0694. The summed E-state index contributed by atoms with van der Waals surface area (Å²) in [6, 6.07) is 0. The third-order valence-electron chi connectivity index (χ3n) is 5.11. The van der Waals surface area contributed by atoms with Crippen molar-refractivity contribution in [2.45, 2.75) is 31.9 Å². The Labute approximate surface area is 135 Å². The summed E-state index contributed by atoms with van der Waals surface area (Å²) in [4.78, 5) is 19.3. The van der Waals surface area contributed by atoms with E-state index in [9.17, 15) is 4.79 Å². The molecule has 22 heavy (non-hydrogen) atoms. The van der Waals surface area contributed by atoms with E-state index in [1.54, 1.807) is 11.3 Å². The van der Waals surface area contributed by atoms with Crippen molar-refractivity contribution in [1.29, 1.82) is 0 Å². The van der Waals surface area contributed by atoms with E-state index in [0.717, 1.165) is 50.1 Å².